The van der Waals surface area contributed by atoms with E-state index in [2.05, 4.69) is 51.8 Å². The number of ether oxygens (including phenoxy) is 3. The fraction of sp³-hybridized carbons (Fsp3) is 0.156. The molecule has 1 unspecified atom stereocenters. The van der Waals surface area contributed by atoms with E-state index in [-0.39, 0.29) is 12.2 Å². The van der Waals surface area contributed by atoms with E-state index in [1.54, 1.807) is 24.7 Å². The molecule has 7 nitrogen and oxygen atoms in total. The zero-order valence-electron chi connectivity index (χ0n) is 22.8. The second-order valence-corrected chi connectivity index (χ2v) is 12.5. The molecule has 1 atom stereocenters. The van der Waals surface area contributed by atoms with Gasteiger partial charge in [-0.05, 0) is 93.6 Å². The Morgan fingerprint density at radius 3 is 2.40 bits per heavy atom. The van der Waals surface area contributed by atoms with Crippen LogP contribution < -0.4 is 24.4 Å². The van der Waals surface area contributed by atoms with E-state index < -0.39 is 12.0 Å². The Hall–Kier alpha value is -3.23. The number of aromatic nitrogens is 1. The molecule has 0 bridgehead atoms. The number of fused-ring (bicyclic) bond motifs is 1. The third-order valence-electron chi connectivity index (χ3n) is 6.47. The summed E-state index contributed by atoms with van der Waals surface area (Å²) in [6, 6.07) is 20.0. The van der Waals surface area contributed by atoms with Crippen LogP contribution in [0.15, 0.2) is 94.7 Å². The van der Waals surface area contributed by atoms with Gasteiger partial charge >= 0.3 is 5.97 Å². The average molecular weight is 804 g/mol. The van der Waals surface area contributed by atoms with Crippen molar-refractivity contribution in [3.05, 3.63) is 128 Å². The normalized spacial score (nSPS) is 14.7. The highest BCUT2D eigenvalue weighted by atomic mass is 127. The maximum atomic E-state index is 14.1. The molecular formula is C32H26I2N2O5S. The van der Waals surface area contributed by atoms with Crippen molar-refractivity contribution >= 4 is 74.3 Å². The Balaban J connectivity index is 1.76. The SMILES string of the molecule is C=CCOc1c(I)cc(/C=c2\sc3n(c2=O)C(c2ccc(OC)cc2)C(C(=O)OCC)=C(c2ccccc2)N=3)cc1I. The highest BCUT2D eigenvalue weighted by Crippen LogP contribution is 2.36. The van der Waals surface area contributed by atoms with Crippen LogP contribution in [0.5, 0.6) is 11.5 Å². The van der Waals surface area contributed by atoms with Gasteiger partial charge in [0.25, 0.3) is 5.56 Å². The molecule has 0 saturated heterocycles. The van der Waals surface area contributed by atoms with Crippen LogP contribution in [-0.4, -0.2) is 30.9 Å². The van der Waals surface area contributed by atoms with Gasteiger partial charge < -0.3 is 14.2 Å². The van der Waals surface area contributed by atoms with Crippen LogP contribution in [0.25, 0.3) is 11.8 Å². The molecule has 1 aromatic heterocycles. The summed E-state index contributed by atoms with van der Waals surface area (Å²) < 4.78 is 20.6. The molecule has 0 spiro atoms. The summed E-state index contributed by atoms with van der Waals surface area (Å²) in [5.41, 5.74) is 2.90. The lowest BCUT2D eigenvalue weighted by atomic mass is 9.93. The molecule has 0 aliphatic carbocycles. The number of hydrogen-bond donors (Lipinski definition) is 0. The summed E-state index contributed by atoms with van der Waals surface area (Å²) >= 11 is 5.75. The van der Waals surface area contributed by atoms with E-state index in [0.29, 0.717) is 33.0 Å². The highest BCUT2D eigenvalue weighted by molar-refractivity contribution is 14.1. The summed E-state index contributed by atoms with van der Waals surface area (Å²) in [7, 11) is 1.59. The lowest BCUT2D eigenvalue weighted by molar-refractivity contribution is -0.138. The molecule has 0 fully saturated rings. The lowest BCUT2D eigenvalue weighted by Gasteiger charge is -2.26. The minimum Gasteiger partial charge on any atom is -0.497 e. The standard InChI is InChI=1S/C32H26I2N2O5S/c1-4-15-41-29-23(33)16-19(17-24(29)34)18-25-30(37)36-28(21-11-13-22(39-3)14-12-21)26(31(38)40-5-2)27(35-32(36)42-25)20-9-7-6-8-10-20/h4,6-14,16-18,28H,1,5,15H2,2-3H3/b25-18-. The lowest BCUT2D eigenvalue weighted by Crippen LogP contribution is -2.40. The maximum Gasteiger partial charge on any atom is 0.338 e. The van der Waals surface area contributed by atoms with Gasteiger partial charge in [0, 0.05) is 5.56 Å². The van der Waals surface area contributed by atoms with E-state index in [1.807, 2.05) is 72.8 Å². The molecule has 0 amide bonds. The van der Waals surface area contributed by atoms with Crippen molar-refractivity contribution in [2.75, 3.05) is 20.3 Å². The van der Waals surface area contributed by atoms with Gasteiger partial charge in [0.2, 0.25) is 0 Å². The van der Waals surface area contributed by atoms with Crippen molar-refractivity contribution in [2.24, 2.45) is 4.99 Å². The maximum absolute atomic E-state index is 14.1. The summed E-state index contributed by atoms with van der Waals surface area (Å²) in [5.74, 6) is 0.927. The molecule has 0 radical (unpaired) electrons. The molecule has 0 saturated carbocycles. The summed E-state index contributed by atoms with van der Waals surface area (Å²) in [5, 5.41) is 0. The van der Waals surface area contributed by atoms with E-state index >= 15 is 0 Å². The molecule has 10 heteroatoms. The van der Waals surface area contributed by atoms with Crippen LogP contribution in [0.2, 0.25) is 0 Å². The Morgan fingerprint density at radius 2 is 1.79 bits per heavy atom. The Morgan fingerprint density at radius 1 is 1.10 bits per heavy atom. The molecule has 5 rings (SSSR count). The van der Waals surface area contributed by atoms with Crippen LogP contribution >= 0.6 is 56.5 Å². The van der Waals surface area contributed by atoms with Gasteiger partial charge in [-0.25, -0.2) is 9.79 Å². The van der Waals surface area contributed by atoms with E-state index in [1.165, 1.54) is 11.3 Å². The smallest absolute Gasteiger partial charge is 0.338 e. The van der Waals surface area contributed by atoms with Gasteiger partial charge in [-0.2, -0.15) is 0 Å². The molecule has 0 N–H and O–H groups in total. The van der Waals surface area contributed by atoms with E-state index in [4.69, 9.17) is 19.2 Å². The summed E-state index contributed by atoms with van der Waals surface area (Å²) in [4.78, 5) is 33.1. The molecule has 1 aliphatic heterocycles. The van der Waals surface area contributed by atoms with Gasteiger partial charge in [-0.15, -0.1) is 0 Å². The topological polar surface area (TPSA) is 79.1 Å². The minimum absolute atomic E-state index is 0.188. The van der Waals surface area contributed by atoms with Crippen LogP contribution in [0, 0.1) is 7.14 Å². The number of benzene rings is 3. The molecule has 1 aliphatic rings. The molecule has 214 valence electrons. The zero-order valence-corrected chi connectivity index (χ0v) is 27.9. The number of thiazole rings is 1. The number of hydrogen-bond acceptors (Lipinski definition) is 7. The van der Waals surface area contributed by atoms with Crippen molar-refractivity contribution in [3.63, 3.8) is 0 Å². The van der Waals surface area contributed by atoms with Gasteiger partial charge in [0.15, 0.2) is 4.80 Å². The summed E-state index contributed by atoms with van der Waals surface area (Å²) in [6.45, 7) is 6.07. The van der Waals surface area contributed by atoms with Crippen LogP contribution in [0.1, 0.15) is 29.7 Å². The van der Waals surface area contributed by atoms with Crippen molar-refractivity contribution in [3.8, 4) is 11.5 Å². The van der Waals surface area contributed by atoms with Gasteiger partial charge in [-0.3, -0.25) is 9.36 Å². The van der Waals surface area contributed by atoms with Crippen LogP contribution in [0.4, 0.5) is 0 Å². The average Bonchev–Trinajstić information content (AvgIpc) is 3.30. The molecule has 2 heterocycles. The molecule has 42 heavy (non-hydrogen) atoms. The number of methoxy groups -OCH3 is 1. The van der Waals surface area contributed by atoms with Crippen molar-refractivity contribution in [1.29, 1.82) is 0 Å². The quantitative estimate of drug-likeness (QED) is 0.123. The molecular weight excluding hydrogens is 778 g/mol. The first-order valence-electron chi connectivity index (χ1n) is 13.0. The number of halogens is 2. The largest absolute Gasteiger partial charge is 0.497 e. The van der Waals surface area contributed by atoms with E-state index in [9.17, 15) is 9.59 Å². The predicted octanol–water partition coefficient (Wildman–Crippen LogP) is 5.72. The second-order valence-electron chi connectivity index (χ2n) is 9.12. The predicted molar refractivity (Wildman–Crippen MR) is 182 cm³/mol. The monoisotopic (exact) mass is 804 g/mol. The van der Waals surface area contributed by atoms with Crippen molar-refractivity contribution in [1.82, 2.24) is 4.57 Å². The summed E-state index contributed by atoms with van der Waals surface area (Å²) in [6.07, 6.45) is 3.56. The molecule has 3 aromatic carbocycles. The zero-order chi connectivity index (χ0) is 29.8. The number of esters is 1. The Bertz CT molecular complexity index is 1840. The number of nitrogens with zero attached hydrogens (tertiary/aromatic N) is 2. The first kappa shape index (κ1) is 30.2. The van der Waals surface area contributed by atoms with Gasteiger partial charge in [0.1, 0.15) is 18.1 Å². The fourth-order valence-electron chi connectivity index (χ4n) is 4.64. The Labute approximate surface area is 274 Å². The Kier molecular flexibility index (Phi) is 9.63. The van der Waals surface area contributed by atoms with Gasteiger partial charge in [0.05, 0.1) is 42.7 Å². The first-order valence-corrected chi connectivity index (χ1v) is 16.0. The first-order chi connectivity index (χ1) is 20.4. The van der Waals surface area contributed by atoms with Crippen LogP contribution in [0.3, 0.4) is 0 Å². The third kappa shape index (κ3) is 6.11. The number of carbonyl (C=O) groups is 1. The van der Waals surface area contributed by atoms with Crippen LogP contribution in [-0.2, 0) is 9.53 Å². The van der Waals surface area contributed by atoms with Gasteiger partial charge in [-0.1, -0.05) is 66.5 Å². The number of carbonyl (C=O) groups excluding carboxylic acids is 1. The highest BCUT2D eigenvalue weighted by Gasteiger charge is 2.35. The fourth-order valence-corrected chi connectivity index (χ4v) is 7.76. The third-order valence-corrected chi connectivity index (χ3v) is 9.05. The minimum atomic E-state index is -0.751. The molecule has 4 aromatic rings. The number of rotatable bonds is 9. The second kappa shape index (κ2) is 13.4. The van der Waals surface area contributed by atoms with E-state index in [0.717, 1.165) is 29.6 Å². The van der Waals surface area contributed by atoms with Crippen molar-refractivity contribution in [2.45, 2.75) is 13.0 Å². The van der Waals surface area contributed by atoms with Crippen molar-refractivity contribution < 1.29 is 19.0 Å².